The van der Waals surface area contributed by atoms with Crippen LogP contribution < -0.4 is 0 Å². The molecule has 0 radical (unpaired) electrons. The Morgan fingerprint density at radius 1 is 1.32 bits per heavy atom. The van der Waals surface area contributed by atoms with E-state index in [-0.39, 0.29) is 11.5 Å². The van der Waals surface area contributed by atoms with Gasteiger partial charge in [-0.15, -0.1) is 13.0 Å². The van der Waals surface area contributed by atoms with Gasteiger partial charge in [-0.3, -0.25) is 0 Å². The molecular formula is C23H32O2. The molecule has 0 aromatic rings. The average Bonchev–Trinajstić information content (AvgIpc) is 2.86. The first-order valence-electron chi connectivity index (χ1n) is 10.1. The van der Waals surface area contributed by atoms with E-state index in [0.29, 0.717) is 23.7 Å². The number of aliphatic hydroxyl groups is 2. The van der Waals surface area contributed by atoms with Gasteiger partial charge < -0.3 is 10.2 Å². The quantitative estimate of drug-likeness (QED) is 0.583. The van der Waals surface area contributed by atoms with Crippen LogP contribution in [0.15, 0.2) is 23.8 Å². The van der Waals surface area contributed by atoms with Crippen molar-refractivity contribution >= 4 is 0 Å². The number of aliphatic hydroxyl groups excluding tert-OH is 1. The van der Waals surface area contributed by atoms with E-state index in [2.05, 4.69) is 25.5 Å². The van der Waals surface area contributed by atoms with Gasteiger partial charge in [0.05, 0.1) is 6.10 Å². The second kappa shape index (κ2) is 6.00. The number of hydrogen-bond acceptors (Lipinski definition) is 2. The summed E-state index contributed by atoms with van der Waals surface area (Å²) in [5, 5.41) is 21.3. The molecule has 0 aromatic heterocycles. The van der Waals surface area contributed by atoms with Gasteiger partial charge in [-0.25, -0.2) is 0 Å². The van der Waals surface area contributed by atoms with E-state index in [9.17, 15) is 10.2 Å². The highest BCUT2D eigenvalue weighted by Gasteiger charge is 2.63. The number of hydrogen-bond donors (Lipinski definition) is 2. The number of terminal acetylenes is 1. The van der Waals surface area contributed by atoms with Crippen molar-refractivity contribution in [3.8, 4) is 12.3 Å². The van der Waals surface area contributed by atoms with Gasteiger partial charge in [-0.1, -0.05) is 30.1 Å². The van der Waals surface area contributed by atoms with Gasteiger partial charge in [0.2, 0.25) is 0 Å². The third kappa shape index (κ3) is 2.39. The summed E-state index contributed by atoms with van der Waals surface area (Å²) in [6, 6.07) is 0. The molecule has 0 spiro atoms. The summed E-state index contributed by atoms with van der Waals surface area (Å²) in [5.41, 5.74) is 2.09. The highest BCUT2D eigenvalue weighted by atomic mass is 16.3. The second-order valence-electron chi connectivity index (χ2n) is 9.31. The molecule has 2 N–H and O–H groups in total. The minimum absolute atomic E-state index is 0.139. The molecule has 25 heavy (non-hydrogen) atoms. The molecule has 2 heteroatoms. The van der Waals surface area contributed by atoms with Crippen LogP contribution in [0, 0.1) is 41.4 Å². The zero-order chi connectivity index (χ0) is 17.8. The molecule has 0 unspecified atom stereocenters. The maximum atomic E-state index is 11.2. The minimum Gasteiger partial charge on any atom is -0.393 e. The zero-order valence-electron chi connectivity index (χ0n) is 15.5. The first-order chi connectivity index (χ1) is 11.9. The first-order valence-corrected chi connectivity index (χ1v) is 10.1. The lowest BCUT2D eigenvalue weighted by molar-refractivity contribution is -0.0926. The van der Waals surface area contributed by atoms with Gasteiger partial charge in [0.25, 0.3) is 0 Å². The fraction of sp³-hybridized carbons (Fsp3) is 0.739. The largest absolute Gasteiger partial charge is 0.393 e. The first kappa shape index (κ1) is 17.4. The molecule has 0 saturated heterocycles. The molecule has 0 bridgehead atoms. The average molecular weight is 341 g/mol. The van der Waals surface area contributed by atoms with Gasteiger partial charge >= 0.3 is 0 Å². The number of fused-ring (bicyclic) bond motifs is 4. The molecule has 4 rings (SSSR count). The van der Waals surface area contributed by atoms with Crippen LogP contribution in [0.3, 0.4) is 0 Å². The predicted molar refractivity (Wildman–Crippen MR) is 101 cm³/mol. The predicted octanol–water partition coefficient (Wildman–Crippen LogP) is 4.23. The van der Waals surface area contributed by atoms with Gasteiger partial charge in [0.15, 0.2) is 0 Å². The van der Waals surface area contributed by atoms with Crippen LogP contribution in [0.25, 0.3) is 0 Å². The van der Waals surface area contributed by atoms with Crippen LogP contribution >= 0.6 is 0 Å². The summed E-state index contributed by atoms with van der Waals surface area (Å²) in [5.74, 6) is 5.10. The Hall–Kier alpha value is -1.04. The van der Waals surface area contributed by atoms with E-state index in [1.54, 1.807) is 11.1 Å². The van der Waals surface area contributed by atoms with Crippen molar-refractivity contribution in [2.75, 3.05) is 0 Å². The van der Waals surface area contributed by atoms with Gasteiger partial charge in [0.1, 0.15) is 5.60 Å². The van der Waals surface area contributed by atoms with E-state index in [4.69, 9.17) is 6.42 Å². The van der Waals surface area contributed by atoms with E-state index in [1.807, 2.05) is 0 Å². The molecule has 136 valence electrons. The lowest BCUT2D eigenvalue weighted by atomic mass is 9.49. The Morgan fingerprint density at radius 3 is 2.84 bits per heavy atom. The molecule has 2 fully saturated rings. The molecule has 2 saturated carbocycles. The van der Waals surface area contributed by atoms with Crippen molar-refractivity contribution in [3.05, 3.63) is 23.8 Å². The van der Waals surface area contributed by atoms with Crippen LogP contribution in [0.1, 0.15) is 64.7 Å². The number of rotatable bonds is 2. The summed E-state index contributed by atoms with van der Waals surface area (Å²) < 4.78 is 0. The highest BCUT2D eigenvalue weighted by molar-refractivity contribution is 5.31. The Kier molecular flexibility index (Phi) is 4.17. The molecule has 0 aliphatic heterocycles. The van der Waals surface area contributed by atoms with E-state index < -0.39 is 5.60 Å². The monoisotopic (exact) mass is 340 g/mol. The van der Waals surface area contributed by atoms with Crippen molar-refractivity contribution in [1.82, 2.24) is 0 Å². The van der Waals surface area contributed by atoms with Crippen molar-refractivity contribution in [1.29, 1.82) is 0 Å². The Morgan fingerprint density at radius 2 is 2.12 bits per heavy atom. The summed E-state index contributed by atoms with van der Waals surface area (Å²) >= 11 is 0. The Bertz CT molecular complexity index is 641. The van der Waals surface area contributed by atoms with Gasteiger partial charge in [-0.2, -0.15) is 0 Å². The Labute approximate surface area is 152 Å². The van der Waals surface area contributed by atoms with E-state index in [1.165, 1.54) is 6.42 Å². The van der Waals surface area contributed by atoms with Gasteiger partial charge in [-0.05, 0) is 81.5 Å². The number of allylic oxidation sites excluding steroid dienone is 2. The lowest BCUT2D eigenvalue weighted by Gasteiger charge is -2.56. The maximum absolute atomic E-state index is 11.2. The highest BCUT2D eigenvalue weighted by Crippen LogP contribution is 2.66. The third-order valence-electron chi connectivity index (χ3n) is 8.33. The van der Waals surface area contributed by atoms with Crippen LogP contribution in [0.5, 0.6) is 0 Å². The van der Waals surface area contributed by atoms with Crippen LogP contribution in [0.4, 0.5) is 0 Å². The summed E-state index contributed by atoms with van der Waals surface area (Å²) in [6.45, 7) is 6.27. The SMILES string of the molecule is C#C[C@@]1(O)CC[C@H]2[C@@H]3CCC4=C(CC[C@@H](O)C4)[C@H]3[C@@H](CC=C)C[C@@]21C. The van der Waals surface area contributed by atoms with E-state index in [0.717, 1.165) is 51.4 Å². The van der Waals surface area contributed by atoms with Crippen molar-refractivity contribution < 1.29 is 10.2 Å². The molecule has 4 aliphatic rings. The molecule has 0 aromatic carbocycles. The molecule has 0 amide bonds. The van der Waals surface area contributed by atoms with Crippen LogP contribution in [-0.4, -0.2) is 21.9 Å². The molecular weight excluding hydrogens is 308 g/mol. The van der Waals surface area contributed by atoms with Crippen LogP contribution in [0.2, 0.25) is 0 Å². The lowest BCUT2D eigenvalue weighted by Crippen LogP contribution is -2.54. The second-order valence-corrected chi connectivity index (χ2v) is 9.31. The molecule has 2 nitrogen and oxygen atoms in total. The molecule has 4 aliphatic carbocycles. The topological polar surface area (TPSA) is 40.5 Å². The molecule has 0 heterocycles. The van der Waals surface area contributed by atoms with Crippen molar-refractivity contribution in [3.63, 3.8) is 0 Å². The minimum atomic E-state index is -0.945. The summed E-state index contributed by atoms with van der Waals surface area (Å²) in [4.78, 5) is 0. The normalized spacial score (nSPS) is 49.0. The van der Waals surface area contributed by atoms with E-state index >= 15 is 0 Å². The summed E-state index contributed by atoms with van der Waals surface area (Å²) in [6.07, 6.45) is 16.7. The Balaban J connectivity index is 1.75. The fourth-order valence-corrected chi connectivity index (χ4v) is 7.18. The third-order valence-corrected chi connectivity index (χ3v) is 8.33. The van der Waals surface area contributed by atoms with Crippen molar-refractivity contribution in [2.24, 2.45) is 29.1 Å². The standard InChI is InChI=1S/C23H32O2/c1-4-6-16-14-22(3)20(11-12-23(22,25)5-2)19-9-7-15-13-17(24)8-10-18(15)21(16)19/h2,4,16-17,19-21,24-25H,1,6-14H2,3H3/t16-,17+,19-,20-,21+,22-,23+/m0/s1. The van der Waals surface area contributed by atoms with Crippen molar-refractivity contribution in [2.45, 2.75) is 76.4 Å². The van der Waals surface area contributed by atoms with Crippen LogP contribution in [-0.2, 0) is 0 Å². The maximum Gasteiger partial charge on any atom is 0.130 e. The molecule has 7 atom stereocenters. The summed E-state index contributed by atoms with van der Waals surface area (Å²) in [7, 11) is 0. The fourth-order valence-electron chi connectivity index (χ4n) is 7.18. The van der Waals surface area contributed by atoms with Gasteiger partial charge in [0, 0.05) is 5.41 Å². The zero-order valence-corrected chi connectivity index (χ0v) is 15.5. The smallest absolute Gasteiger partial charge is 0.130 e.